The van der Waals surface area contributed by atoms with Crippen LogP contribution in [0.4, 0.5) is 0 Å². The van der Waals surface area contributed by atoms with Gasteiger partial charge in [-0.15, -0.1) is 22.9 Å². The van der Waals surface area contributed by atoms with Gasteiger partial charge in [0.1, 0.15) is 5.75 Å². The maximum absolute atomic E-state index is 5.71. The number of halogens is 1. The molecule has 19 heavy (non-hydrogen) atoms. The first kappa shape index (κ1) is 12.6. The van der Waals surface area contributed by atoms with Gasteiger partial charge in [0.05, 0.1) is 23.2 Å². The van der Waals surface area contributed by atoms with E-state index >= 15 is 0 Å². The van der Waals surface area contributed by atoms with Crippen LogP contribution in [0.3, 0.4) is 0 Å². The Hall–Kier alpha value is -1.46. The molecule has 0 N–H and O–H groups in total. The summed E-state index contributed by atoms with van der Waals surface area (Å²) >= 11 is 7.32. The second-order valence-electron chi connectivity index (χ2n) is 3.98. The van der Waals surface area contributed by atoms with Crippen molar-refractivity contribution in [2.75, 3.05) is 13.4 Å². The first-order chi connectivity index (χ1) is 9.35. The Balaban J connectivity index is 1.54. The molecule has 0 amide bonds. The molecule has 0 saturated carbocycles. The molecule has 0 bridgehead atoms. The van der Waals surface area contributed by atoms with Crippen molar-refractivity contribution in [1.82, 2.24) is 4.98 Å². The predicted octanol–water partition coefficient (Wildman–Crippen LogP) is 3.23. The maximum atomic E-state index is 5.71. The Morgan fingerprint density at radius 3 is 3.05 bits per heavy atom. The SMILES string of the molecule is ClCc1csc(CCOc2ccc3c(c2)OCO3)n1. The van der Waals surface area contributed by atoms with Crippen molar-refractivity contribution in [3.63, 3.8) is 0 Å². The molecule has 0 unspecified atom stereocenters. The Bertz CT molecular complexity index is 573. The molecule has 100 valence electrons. The van der Waals surface area contributed by atoms with Gasteiger partial charge in [0, 0.05) is 17.9 Å². The van der Waals surface area contributed by atoms with Crippen molar-refractivity contribution < 1.29 is 14.2 Å². The number of alkyl halides is 1. The van der Waals surface area contributed by atoms with Crippen LogP contribution in [0, 0.1) is 0 Å². The number of fused-ring (bicyclic) bond motifs is 1. The van der Waals surface area contributed by atoms with Crippen molar-refractivity contribution >= 4 is 22.9 Å². The van der Waals surface area contributed by atoms with Crippen molar-refractivity contribution in [2.45, 2.75) is 12.3 Å². The van der Waals surface area contributed by atoms with E-state index in [2.05, 4.69) is 4.98 Å². The average molecular weight is 298 g/mol. The Morgan fingerprint density at radius 2 is 2.21 bits per heavy atom. The van der Waals surface area contributed by atoms with Gasteiger partial charge in [0.25, 0.3) is 0 Å². The van der Waals surface area contributed by atoms with Gasteiger partial charge in [0.15, 0.2) is 11.5 Å². The van der Waals surface area contributed by atoms with Crippen molar-refractivity contribution in [3.05, 3.63) is 34.3 Å². The predicted molar refractivity (Wildman–Crippen MR) is 73.4 cm³/mol. The van der Waals surface area contributed by atoms with Gasteiger partial charge in [0.2, 0.25) is 6.79 Å². The topological polar surface area (TPSA) is 40.6 Å². The summed E-state index contributed by atoms with van der Waals surface area (Å²) in [6.45, 7) is 0.855. The van der Waals surface area contributed by atoms with E-state index < -0.39 is 0 Å². The van der Waals surface area contributed by atoms with Crippen LogP contribution in [-0.2, 0) is 12.3 Å². The van der Waals surface area contributed by atoms with Gasteiger partial charge < -0.3 is 14.2 Å². The van der Waals surface area contributed by atoms with Crippen molar-refractivity contribution in [3.8, 4) is 17.2 Å². The highest BCUT2D eigenvalue weighted by atomic mass is 35.5. The quantitative estimate of drug-likeness (QED) is 0.795. The van der Waals surface area contributed by atoms with Crippen LogP contribution < -0.4 is 14.2 Å². The third-order valence-corrected chi connectivity index (χ3v) is 3.90. The highest BCUT2D eigenvalue weighted by Gasteiger charge is 2.13. The molecule has 0 spiro atoms. The Labute approximate surface area is 119 Å². The third kappa shape index (κ3) is 2.93. The first-order valence-corrected chi connectivity index (χ1v) is 7.28. The first-order valence-electron chi connectivity index (χ1n) is 5.87. The molecule has 2 heterocycles. The number of ether oxygens (including phenoxy) is 3. The lowest BCUT2D eigenvalue weighted by Gasteiger charge is -2.05. The molecule has 0 fully saturated rings. The minimum atomic E-state index is 0.277. The van der Waals surface area contributed by atoms with E-state index in [4.69, 9.17) is 25.8 Å². The number of benzene rings is 1. The molecule has 3 rings (SSSR count). The Kier molecular flexibility index (Phi) is 3.75. The number of aromatic nitrogens is 1. The second-order valence-corrected chi connectivity index (χ2v) is 5.19. The van der Waals surface area contributed by atoms with Crippen LogP contribution in [0.25, 0.3) is 0 Å². The van der Waals surface area contributed by atoms with E-state index in [9.17, 15) is 0 Å². The summed E-state index contributed by atoms with van der Waals surface area (Å²) in [6.07, 6.45) is 0.774. The number of rotatable bonds is 5. The molecule has 0 radical (unpaired) electrons. The molecule has 4 nitrogen and oxygen atoms in total. The third-order valence-electron chi connectivity index (χ3n) is 2.66. The molecule has 0 saturated heterocycles. The van der Waals surface area contributed by atoms with E-state index in [0.717, 1.165) is 34.4 Å². The molecule has 0 aliphatic carbocycles. The molecule has 6 heteroatoms. The highest BCUT2D eigenvalue weighted by Crippen LogP contribution is 2.35. The zero-order valence-corrected chi connectivity index (χ0v) is 11.7. The molecular formula is C13H12ClNO3S. The lowest BCUT2D eigenvalue weighted by atomic mass is 10.3. The molecule has 0 atom stereocenters. The van der Waals surface area contributed by atoms with E-state index in [0.29, 0.717) is 12.5 Å². The molecule has 1 aliphatic rings. The maximum Gasteiger partial charge on any atom is 0.231 e. The summed E-state index contributed by atoms with van der Waals surface area (Å²) in [4.78, 5) is 4.38. The van der Waals surface area contributed by atoms with E-state index in [1.54, 1.807) is 11.3 Å². The van der Waals surface area contributed by atoms with Gasteiger partial charge in [-0.1, -0.05) is 0 Å². The highest BCUT2D eigenvalue weighted by molar-refractivity contribution is 7.09. The van der Waals surface area contributed by atoms with Crippen LogP contribution in [0.5, 0.6) is 17.2 Å². The molecule has 1 aliphatic heterocycles. The average Bonchev–Trinajstić information content (AvgIpc) is 3.06. The van der Waals surface area contributed by atoms with Crippen LogP contribution in [0.15, 0.2) is 23.6 Å². The summed E-state index contributed by atoms with van der Waals surface area (Å²) in [5.74, 6) is 2.73. The lowest BCUT2D eigenvalue weighted by Crippen LogP contribution is -2.01. The van der Waals surface area contributed by atoms with Crippen LogP contribution >= 0.6 is 22.9 Å². The number of hydrogen-bond donors (Lipinski definition) is 0. The van der Waals surface area contributed by atoms with Crippen LogP contribution in [-0.4, -0.2) is 18.4 Å². The summed E-state index contributed by atoms with van der Waals surface area (Å²) < 4.78 is 16.2. The lowest BCUT2D eigenvalue weighted by molar-refractivity contribution is 0.173. The summed E-state index contributed by atoms with van der Waals surface area (Å²) in [7, 11) is 0. The minimum Gasteiger partial charge on any atom is -0.493 e. The van der Waals surface area contributed by atoms with Gasteiger partial charge in [-0.3, -0.25) is 0 Å². The smallest absolute Gasteiger partial charge is 0.231 e. The van der Waals surface area contributed by atoms with E-state index in [1.807, 2.05) is 23.6 Å². The van der Waals surface area contributed by atoms with Gasteiger partial charge >= 0.3 is 0 Å². The van der Waals surface area contributed by atoms with Gasteiger partial charge in [-0.25, -0.2) is 4.98 Å². The van der Waals surface area contributed by atoms with Crippen LogP contribution in [0.2, 0.25) is 0 Å². The second kappa shape index (κ2) is 5.67. The molecule has 2 aromatic rings. The summed E-state index contributed by atoms with van der Waals surface area (Å²) in [5, 5.41) is 3.01. The fourth-order valence-electron chi connectivity index (χ4n) is 1.75. The van der Waals surface area contributed by atoms with Crippen molar-refractivity contribution in [2.24, 2.45) is 0 Å². The number of hydrogen-bond acceptors (Lipinski definition) is 5. The standard InChI is InChI=1S/C13H12ClNO3S/c14-6-9-7-19-13(15-9)3-4-16-10-1-2-11-12(5-10)18-8-17-11/h1-2,5,7H,3-4,6,8H2. The largest absolute Gasteiger partial charge is 0.493 e. The monoisotopic (exact) mass is 297 g/mol. The van der Waals surface area contributed by atoms with E-state index in [1.165, 1.54) is 0 Å². The molecular weight excluding hydrogens is 286 g/mol. The minimum absolute atomic E-state index is 0.277. The normalized spacial score (nSPS) is 12.7. The summed E-state index contributed by atoms with van der Waals surface area (Å²) in [5.41, 5.74) is 0.921. The zero-order chi connectivity index (χ0) is 13.1. The van der Waals surface area contributed by atoms with E-state index in [-0.39, 0.29) is 6.79 Å². The zero-order valence-electron chi connectivity index (χ0n) is 10.1. The summed E-state index contributed by atoms with van der Waals surface area (Å²) in [6, 6.07) is 5.57. The molecule has 1 aromatic carbocycles. The fourth-order valence-corrected chi connectivity index (χ4v) is 2.76. The van der Waals surface area contributed by atoms with Gasteiger partial charge in [-0.05, 0) is 12.1 Å². The van der Waals surface area contributed by atoms with Crippen LogP contribution in [0.1, 0.15) is 10.7 Å². The Morgan fingerprint density at radius 1 is 1.32 bits per heavy atom. The van der Waals surface area contributed by atoms with Gasteiger partial charge in [-0.2, -0.15) is 0 Å². The van der Waals surface area contributed by atoms with Crippen molar-refractivity contribution in [1.29, 1.82) is 0 Å². The molecule has 1 aromatic heterocycles. The number of nitrogens with zero attached hydrogens (tertiary/aromatic N) is 1. The number of thiazole rings is 1. The fraction of sp³-hybridized carbons (Fsp3) is 0.308.